The lowest BCUT2D eigenvalue weighted by Crippen LogP contribution is -1.60. The van der Waals surface area contributed by atoms with Gasteiger partial charge in [-0.2, -0.15) is 0 Å². The molecule has 0 aromatic heterocycles. The Morgan fingerprint density at radius 2 is 2.00 bits per heavy atom. The highest BCUT2D eigenvalue weighted by molar-refractivity contribution is 14.2. The topological polar surface area (TPSA) is 0 Å². The second-order valence-corrected chi connectivity index (χ2v) is 5.18. The maximum absolute atomic E-state index is 3.96. The molecule has 0 aromatic rings. The molecule has 0 saturated heterocycles. The summed E-state index contributed by atoms with van der Waals surface area (Å²) in [7, 11) is 0. The van der Waals surface area contributed by atoms with Crippen LogP contribution in [0.2, 0.25) is 0 Å². The molecular formula is C6H7I. The Hall–Kier alpha value is -0.0500. The molecule has 0 saturated carbocycles. The number of halogens is 1. The summed E-state index contributed by atoms with van der Waals surface area (Å²) < 4.78 is 8.38. The molecule has 0 amide bonds. The molecule has 1 heteroatoms. The van der Waals surface area contributed by atoms with Gasteiger partial charge in [0.2, 0.25) is 0 Å². The van der Waals surface area contributed by atoms with Crippen molar-refractivity contribution in [1.29, 1.82) is 0 Å². The molecule has 1 aliphatic rings. The van der Waals surface area contributed by atoms with Gasteiger partial charge in [-0.1, -0.05) is 22.7 Å². The average Bonchev–Trinajstić information content (AvgIpc) is 1.69. The zero-order valence-electron chi connectivity index (χ0n) is 3.97. The number of hydrogen-bond donors (Lipinski definition) is 0. The van der Waals surface area contributed by atoms with Gasteiger partial charge in [-0.05, 0) is 8.09 Å². The van der Waals surface area contributed by atoms with Crippen LogP contribution in [-0.4, -0.2) is 8.53 Å². The van der Waals surface area contributed by atoms with Crippen molar-refractivity contribution >= 4 is 27.4 Å². The fraction of sp³-hybridized carbons (Fsp3) is 0. The van der Waals surface area contributed by atoms with Crippen LogP contribution >= 0.6 is 18.9 Å². The van der Waals surface area contributed by atoms with E-state index in [1.807, 2.05) is 6.08 Å². The van der Waals surface area contributed by atoms with Gasteiger partial charge < -0.3 is 0 Å². The minimum atomic E-state index is -0.882. The molecular weight excluding hydrogens is 199 g/mol. The average molecular weight is 206 g/mol. The van der Waals surface area contributed by atoms with Gasteiger partial charge in [-0.15, -0.1) is 18.9 Å². The van der Waals surface area contributed by atoms with Gasteiger partial charge in [-0.25, -0.2) is 0 Å². The predicted molar refractivity (Wildman–Crippen MR) is 45.5 cm³/mol. The SMILES string of the molecule is C=I1=CC=CC=C1. The minimum absolute atomic E-state index is 0.882. The van der Waals surface area contributed by atoms with E-state index in [-0.39, 0.29) is 0 Å². The second-order valence-electron chi connectivity index (χ2n) is 1.26. The van der Waals surface area contributed by atoms with Crippen molar-refractivity contribution in [3.63, 3.8) is 0 Å². The molecule has 0 aromatic carbocycles. The molecule has 1 aliphatic heterocycles. The number of hydrogen-bond acceptors (Lipinski definition) is 0. The van der Waals surface area contributed by atoms with Crippen molar-refractivity contribution in [2.24, 2.45) is 0 Å². The van der Waals surface area contributed by atoms with E-state index in [0.717, 1.165) is 0 Å². The van der Waals surface area contributed by atoms with Crippen LogP contribution in [0.1, 0.15) is 0 Å². The third-order valence-electron chi connectivity index (χ3n) is 0.691. The highest BCUT2D eigenvalue weighted by Crippen LogP contribution is 2.09. The van der Waals surface area contributed by atoms with Crippen LogP contribution in [-0.2, 0) is 0 Å². The maximum atomic E-state index is 3.96. The first-order chi connectivity index (χ1) is 3.39. The van der Waals surface area contributed by atoms with Crippen LogP contribution in [0.15, 0.2) is 22.3 Å². The molecule has 0 N–H and O–H groups in total. The van der Waals surface area contributed by atoms with Crippen molar-refractivity contribution in [3.05, 3.63) is 22.3 Å². The van der Waals surface area contributed by atoms with Crippen molar-refractivity contribution in [1.82, 2.24) is 0 Å². The van der Waals surface area contributed by atoms with Crippen molar-refractivity contribution < 1.29 is 0 Å². The molecule has 1 heterocycles. The van der Waals surface area contributed by atoms with E-state index < -0.39 is 18.9 Å². The van der Waals surface area contributed by atoms with E-state index in [2.05, 4.69) is 24.8 Å². The highest BCUT2D eigenvalue weighted by Gasteiger charge is 1.70. The predicted octanol–water partition coefficient (Wildman–Crippen LogP) is 1.81. The summed E-state index contributed by atoms with van der Waals surface area (Å²) in [5.41, 5.74) is 0. The Balaban J connectivity index is 3.04. The van der Waals surface area contributed by atoms with E-state index in [4.69, 9.17) is 0 Å². The normalized spacial score (nSPS) is 19.4. The third-order valence-corrected chi connectivity index (χ3v) is 3.37. The Morgan fingerprint density at radius 3 is 2.29 bits per heavy atom. The molecule has 0 unspecified atom stereocenters. The standard InChI is InChI=1S/C6H7I/c1-7-5-3-2-4-6-7/h2-6H,1H2. The van der Waals surface area contributed by atoms with E-state index in [0.29, 0.717) is 0 Å². The van der Waals surface area contributed by atoms with Crippen LogP contribution in [0.4, 0.5) is 0 Å². The van der Waals surface area contributed by atoms with Gasteiger partial charge in [0.15, 0.2) is 0 Å². The number of allylic oxidation sites excluding steroid dienone is 3. The monoisotopic (exact) mass is 206 g/mol. The van der Waals surface area contributed by atoms with Crippen LogP contribution in [0.5, 0.6) is 0 Å². The molecule has 0 aliphatic carbocycles. The van der Waals surface area contributed by atoms with Gasteiger partial charge in [0.1, 0.15) is 0 Å². The Labute approximate surface area is 49.9 Å². The molecule has 0 nitrogen and oxygen atoms in total. The largest absolute Gasteiger partial charge is 0.132 e. The second kappa shape index (κ2) is 2.31. The van der Waals surface area contributed by atoms with E-state index in [9.17, 15) is 0 Å². The fourth-order valence-electron chi connectivity index (χ4n) is 0.377. The van der Waals surface area contributed by atoms with Gasteiger partial charge in [0, 0.05) is 0 Å². The Kier molecular flexibility index (Phi) is 1.68. The van der Waals surface area contributed by atoms with Crippen molar-refractivity contribution in [2.75, 3.05) is 0 Å². The molecule has 1 rings (SSSR count). The molecule has 7 heavy (non-hydrogen) atoms. The molecule has 0 bridgehead atoms. The van der Waals surface area contributed by atoms with Gasteiger partial charge in [0.25, 0.3) is 0 Å². The van der Waals surface area contributed by atoms with Crippen molar-refractivity contribution in [2.45, 2.75) is 0 Å². The van der Waals surface area contributed by atoms with Gasteiger partial charge in [0.05, 0.1) is 0 Å². The van der Waals surface area contributed by atoms with Crippen LogP contribution in [0.25, 0.3) is 0 Å². The molecule has 0 spiro atoms. The smallest absolute Gasteiger partial charge is 0.0338 e. The summed E-state index contributed by atoms with van der Waals surface area (Å²) in [4.78, 5) is 0. The van der Waals surface area contributed by atoms with Crippen LogP contribution < -0.4 is 0 Å². The van der Waals surface area contributed by atoms with Crippen LogP contribution in [0.3, 0.4) is 0 Å². The van der Waals surface area contributed by atoms with E-state index in [1.54, 1.807) is 0 Å². The summed E-state index contributed by atoms with van der Waals surface area (Å²) >= 11 is -0.882. The fourth-order valence-corrected chi connectivity index (χ4v) is 2.16. The molecule has 38 valence electrons. The first-order valence-electron chi connectivity index (χ1n) is 2.04. The third kappa shape index (κ3) is 1.47. The molecule has 0 atom stereocenters. The summed E-state index contributed by atoms with van der Waals surface area (Å²) in [6.45, 7) is 0. The summed E-state index contributed by atoms with van der Waals surface area (Å²) in [5.74, 6) is 0. The van der Waals surface area contributed by atoms with Crippen molar-refractivity contribution in [3.8, 4) is 0 Å². The van der Waals surface area contributed by atoms with Crippen LogP contribution in [0, 0.1) is 0 Å². The lowest BCUT2D eigenvalue weighted by molar-refractivity contribution is 2.09. The lowest BCUT2D eigenvalue weighted by Gasteiger charge is -1.83. The van der Waals surface area contributed by atoms with Gasteiger partial charge >= 0.3 is 0 Å². The Morgan fingerprint density at radius 1 is 1.14 bits per heavy atom. The first-order valence-corrected chi connectivity index (χ1v) is 6.05. The zero-order chi connectivity index (χ0) is 5.11. The quantitative estimate of drug-likeness (QED) is 0.530. The lowest BCUT2D eigenvalue weighted by atomic mass is 10.5. The molecule has 0 fully saturated rings. The summed E-state index contributed by atoms with van der Waals surface area (Å²) in [6.07, 6.45) is 6.20. The number of rotatable bonds is 0. The van der Waals surface area contributed by atoms with Gasteiger partial charge in [-0.3, -0.25) is 0 Å². The highest BCUT2D eigenvalue weighted by atomic mass is 127. The molecule has 0 radical (unpaired) electrons. The summed E-state index contributed by atoms with van der Waals surface area (Å²) in [5, 5.41) is 0. The minimum Gasteiger partial charge on any atom is -0.132 e. The Bertz CT molecular complexity index is 178. The summed E-state index contributed by atoms with van der Waals surface area (Å²) in [6, 6.07) is 0. The first kappa shape index (κ1) is 5.09. The zero-order valence-corrected chi connectivity index (χ0v) is 6.13. The maximum Gasteiger partial charge on any atom is -0.0338 e. The van der Waals surface area contributed by atoms with E-state index >= 15 is 0 Å². The van der Waals surface area contributed by atoms with E-state index in [1.165, 1.54) is 0 Å².